The molecule has 0 heterocycles. The molecular weight excluding hydrogens is 968 g/mol. The van der Waals surface area contributed by atoms with Gasteiger partial charge in [0.25, 0.3) is 0 Å². The van der Waals surface area contributed by atoms with Crippen molar-refractivity contribution in [2.24, 2.45) is 5.92 Å². The van der Waals surface area contributed by atoms with Gasteiger partial charge in [-0.2, -0.15) is 0 Å². The van der Waals surface area contributed by atoms with Gasteiger partial charge in [0.2, 0.25) is 0 Å². The number of hydrogen-bond donors (Lipinski definition) is 31. The van der Waals surface area contributed by atoms with Gasteiger partial charge < -0.3 is 158 Å². The van der Waals surface area contributed by atoms with Gasteiger partial charge in [-0.1, -0.05) is 26.7 Å². The Labute approximate surface area is 407 Å². The summed E-state index contributed by atoms with van der Waals surface area (Å²) in [4.78, 5) is 10.4. The predicted octanol–water partition coefficient (Wildman–Crippen LogP) is -14.4. The van der Waals surface area contributed by atoms with Crippen LogP contribution in [0.1, 0.15) is 39.5 Å². The second-order valence-electron chi connectivity index (χ2n) is 12.8. The van der Waals surface area contributed by atoms with E-state index in [4.69, 9.17) is 158 Å². The van der Waals surface area contributed by atoms with Crippen molar-refractivity contribution < 1.29 is 163 Å². The van der Waals surface area contributed by atoms with E-state index in [1.165, 1.54) is 0 Å². The quantitative estimate of drug-likeness (QED) is 0.0404. The average molecular weight is 1070 g/mol. The van der Waals surface area contributed by atoms with E-state index >= 15 is 0 Å². The number of carbonyl (C=O) groups is 1. The summed E-state index contributed by atoms with van der Waals surface area (Å²) in [5.74, 6) is -0.754. The first-order chi connectivity index (χ1) is 32.8. The maximum Gasteiger partial charge on any atom is 0.306 e. The van der Waals surface area contributed by atoms with Crippen molar-refractivity contribution in [3.63, 3.8) is 0 Å². The van der Waals surface area contributed by atoms with Gasteiger partial charge in [-0.3, -0.25) is 4.79 Å². The van der Waals surface area contributed by atoms with E-state index in [9.17, 15) is 4.79 Å². The molecule has 0 aliphatic rings. The lowest BCUT2D eigenvalue weighted by Gasteiger charge is -2.06. The van der Waals surface area contributed by atoms with Crippen molar-refractivity contribution in [2.45, 2.75) is 101 Å². The number of aliphatic hydroxyl groups is 30. The molecule has 0 aliphatic heterocycles. The number of carboxylic acid groups (broad SMARTS) is 1. The zero-order valence-corrected chi connectivity index (χ0v) is 40.1. The van der Waals surface area contributed by atoms with Crippen LogP contribution in [0.4, 0.5) is 0 Å². The molecule has 31 N–H and O–H groups in total. The zero-order chi connectivity index (χ0) is 57.9. The molecule has 0 radical (unpaired) electrons. The van der Waals surface area contributed by atoms with Gasteiger partial charge in [-0.05, 0) is 12.8 Å². The Bertz CT molecular complexity index is 613. The van der Waals surface area contributed by atoms with Crippen LogP contribution >= 0.6 is 0 Å². The van der Waals surface area contributed by atoms with E-state index < -0.39 is 67.0 Å². The molecule has 440 valence electrons. The lowest BCUT2D eigenvalue weighted by molar-refractivity contribution is -0.142. The molecular formula is C38H96O32. The standard InChI is InChI=1S/C8H16O2.10C3H8O3/c1-3-5-6-7(4-2)8(9)10;10*4-1-3(6)2-5/h7H,3-6H2,1-2H3,(H,9,10);10*3-6H,1-2H2. The number of aliphatic hydroxyl groups excluding tert-OH is 30. The van der Waals surface area contributed by atoms with Gasteiger partial charge in [-0.25, -0.2) is 0 Å². The van der Waals surface area contributed by atoms with Crippen molar-refractivity contribution in [1.82, 2.24) is 0 Å². The van der Waals surface area contributed by atoms with Crippen LogP contribution in [0.2, 0.25) is 0 Å². The molecule has 0 aliphatic carbocycles. The molecule has 1 unspecified atom stereocenters. The number of aliphatic carboxylic acids is 1. The lowest BCUT2D eigenvalue weighted by Crippen LogP contribution is -2.15. The molecule has 0 aromatic carbocycles. The van der Waals surface area contributed by atoms with Crippen molar-refractivity contribution in [2.75, 3.05) is 132 Å². The van der Waals surface area contributed by atoms with Crippen molar-refractivity contribution in [3.05, 3.63) is 0 Å². The van der Waals surface area contributed by atoms with Crippen LogP contribution in [0.3, 0.4) is 0 Å². The molecule has 0 spiro atoms. The van der Waals surface area contributed by atoms with Crippen molar-refractivity contribution in [3.8, 4) is 0 Å². The summed E-state index contributed by atoms with van der Waals surface area (Å²) in [6, 6.07) is 0. The van der Waals surface area contributed by atoms with E-state index in [0.717, 1.165) is 25.7 Å². The Morgan fingerprint density at radius 1 is 0.271 bits per heavy atom. The van der Waals surface area contributed by atoms with Crippen LogP contribution < -0.4 is 0 Å². The molecule has 0 rings (SSSR count). The van der Waals surface area contributed by atoms with Crippen LogP contribution in [0, 0.1) is 5.92 Å². The fourth-order valence-corrected chi connectivity index (χ4v) is 1.53. The van der Waals surface area contributed by atoms with E-state index in [0.29, 0.717) is 0 Å². The van der Waals surface area contributed by atoms with Gasteiger partial charge in [0.15, 0.2) is 0 Å². The summed E-state index contributed by atoms with van der Waals surface area (Å²) in [6.45, 7) is -3.29. The summed E-state index contributed by atoms with van der Waals surface area (Å²) >= 11 is 0. The van der Waals surface area contributed by atoms with Gasteiger partial charge in [-0.15, -0.1) is 0 Å². The fourth-order valence-electron chi connectivity index (χ4n) is 1.53. The Kier molecular flexibility index (Phi) is 117. The summed E-state index contributed by atoms with van der Waals surface area (Å²) in [6.07, 6.45) is -5.82. The van der Waals surface area contributed by atoms with E-state index in [1.807, 2.05) is 6.92 Å². The molecule has 70 heavy (non-hydrogen) atoms. The third-order valence-corrected chi connectivity index (χ3v) is 5.96. The van der Waals surface area contributed by atoms with E-state index in [2.05, 4.69) is 6.92 Å². The lowest BCUT2D eigenvalue weighted by atomic mass is 10.00. The molecule has 0 saturated heterocycles. The second-order valence-corrected chi connectivity index (χ2v) is 12.8. The highest BCUT2D eigenvalue weighted by Crippen LogP contribution is 2.11. The fraction of sp³-hybridized carbons (Fsp3) is 0.974. The first kappa shape index (κ1) is 94.2. The minimum absolute atomic E-state index is 0.111. The molecule has 0 aromatic rings. The Hall–Kier alpha value is -1.73. The highest BCUT2D eigenvalue weighted by molar-refractivity contribution is 5.69. The Balaban J connectivity index is -0.0000000610. The molecule has 0 fully saturated rings. The summed E-state index contributed by atoms with van der Waals surface area (Å²) < 4.78 is 0. The van der Waals surface area contributed by atoms with Crippen molar-refractivity contribution >= 4 is 5.97 Å². The minimum atomic E-state index is -0.954. The molecule has 32 nitrogen and oxygen atoms in total. The maximum atomic E-state index is 10.4. The highest BCUT2D eigenvalue weighted by Gasteiger charge is 2.13. The van der Waals surface area contributed by atoms with E-state index in [1.54, 1.807) is 0 Å². The molecule has 1 atom stereocenters. The number of carboxylic acids is 1. The van der Waals surface area contributed by atoms with Gasteiger partial charge in [0.1, 0.15) is 61.0 Å². The first-order valence-corrected chi connectivity index (χ1v) is 21.0. The zero-order valence-electron chi connectivity index (χ0n) is 40.1. The molecule has 32 heteroatoms. The van der Waals surface area contributed by atoms with E-state index in [-0.39, 0.29) is 138 Å². The average Bonchev–Trinajstić information content (AvgIpc) is 3.41. The maximum absolute atomic E-state index is 10.4. The topological polar surface area (TPSA) is 644 Å². The van der Waals surface area contributed by atoms with Gasteiger partial charge >= 0.3 is 5.97 Å². The van der Waals surface area contributed by atoms with Gasteiger partial charge in [0.05, 0.1) is 138 Å². The smallest absolute Gasteiger partial charge is 0.306 e. The number of unbranched alkanes of at least 4 members (excludes halogenated alkanes) is 1. The third-order valence-electron chi connectivity index (χ3n) is 5.96. The SMILES string of the molecule is CCCCC(CC)C(=O)O.OCC(O)CO.OCC(O)CO.OCC(O)CO.OCC(O)CO.OCC(O)CO.OCC(O)CO.OCC(O)CO.OCC(O)CO.OCC(O)CO.OCC(O)CO. The minimum Gasteiger partial charge on any atom is -0.481 e. The van der Waals surface area contributed by atoms with Gasteiger partial charge in [0, 0.05) is 0 Å². The van der Waals surface area contributed by atoms with Crippen LogP contribution in [-0.4, -0.2) is 357 Å². The normalized spacial score (nSPS) is 10.4. The summed E-state index contributed by atoms with van der Waals surface area (Å²) in [7, 11) is 0. The molecule has 0 bridgehead atoms. The Morgan fingerprint density at radius 3 is 0.429 bits per heavy atom. The van der Waals surface area contributed by atoms with Crippen LogP contribution in [0.25, 0.3) is 0 Å². The summed E-state index contributed by atoms with van der Waals surface area (Å²) in [5.41, 5.74) is 0. The largest absolute Gasteiger partial charge is 0.481 e. The van der Waals surface area contributed by atoms with Crippen molar-refractivity contribution in [1.29, 1.82) is 0 Å². The number of hydrogen-bond acceptors (Lipinski definition) is 31. The third kappa shape index (κ3) is 121. The molecule has 0 amide bonds. The van der Waals surface area contributed by atoms with Crippen LogP contribution in [-0.2, 0) is 4.79 Å². The number of rotatable bonds is 25. The highest BCUT2D eigenvalue weighted by atomic mass is 16.4. The summed E-state index contributed by atoms with van der Waals surface area (Å²) in [5, 5.41) is 249. The second kappa shape index (κ2) is 87.0. The van der Waals surface area contributed by atoms with Crippen LogP contribution in [0.15, 0.2) is 0 Å². The van der Waals surface area contributed by atoms with Crippen LogP contribution in [0.5, 0.6) is 0 Å². The Morgan fingerprint density at radius 2 is 0.386 bits per heavy atom. The first-order valence-electron chi connectivity index (χ1n) is 21.0. The predicted molar refractivity (Wildman–Crippen MR) is 243 cm³/mol. The monoisotopic (exact) mass is 1060 g/mol. The molecule has 0 aromatic heterocycles. The molecule has 0 saturated carbocycles.